The van der Waals surface area contributed by atoms with Gasteiger partial charge in [0.1, 0.15) is 0 Å². The fourth-order valence-electron chi connectivity index (χ4n) is 2.37. The highest BCUT2D eigenvalue weighted by Crippen LogP contribution is 2.17. The molecule has 1 heteroatoms. The first-order valence-corrected chi connectivity index (χ1v) is 8.31. The summed E-state index contributed by atoms with van der Waals surface area (Å²) in [6, 6.07) is 0.577. The Morgan fingerprint density at radius 2 is 1.85 bits per heavy atom. The van der Waals surface area contributed by atoms with E-state index in [0.29, 0.717) is 6.04 Å². The van der Waals surface area contributed by atoms with Gasteiger partial charge >= 0.3 is 0 Å². The van der Waals surface area contributed by atoms with Gasteiger partial charge in [0.2, 0.25) is 0 Å². The quantitative estimate of drug-likeness (QED) is 0.326. The Morgan fingerprint density at radius 1 is 1.15 bits per heavy atom. The minimum Gasteiger partial charge on any atom is -0.372 e. The zero-order chi connectivity index (χ0) is 15.4. The summed E-state index contributed by atoms with van der Waals surface area (Å²) in [7, 11) is 2.20. The molecule has 0 aliphatic carbocycles. The molecule has 0 unspecified atom stereocenters. The van der Waals surface area contributed by atoms with E-state index < -0.39 is 0 Å². The highest BCUT2D eigenvalue weighted by Gasteiger charge is 2.12. The number of rotatable bonds is 11. The second kappa shape index (κ2) is 11.8. The van der Waals surface area contributed by atoms with Gasteiger partial charge in [-0.2, -0.15) is 0 Å². The molecule has 0 amide bonds. The lowest BCUT2D eigenvalue weighted by Crippen LogP contribution is -2.29. The van der Waals surface area contributed by atoms with Crippen LogP contribution in [0, 0.1) is 0 Å². The van der Waals surface area contributed by atoms with E-state index in [-0.39, 0.29) is 0 Å². The molecule has 0 rings (SSSR count). The van der Waals surface area contributed by atoms with Crippen molar-refractivity contribution in [3.8, 4) is 0 Å². The van der Waals surface area contributed by atoms with Crippen molar-refractivity contribution >= 4 is 0 Å². The van der Waals surface area contributed by atoms with Gasteiger partial charge in [-0.3, -0.25) is 0 Å². The van der Waals surface area contributed by atoms with Crippen LogP contribution >= 0.6 is 0 Å². The number of unbranched alkanes of at least 4 members (excludes halogenated alkanes) is 2. The molecule has 1 atom stereocenters. The standard InChI is InChI=1S/C19H35N/c1-7-11-13-17(5)15-16-19(10-4)20(6)18(9-3)14-12-8-2/h9,14-15,19H,3,7-8,10-13,16H2,1-2,4-6H3/b17-15-,18-14+/t19-/m0/s1. The number of hydrogen-bond donors (Lipinski definition) is 0. The molecule has 0 heterocycles. The normalized spacial score (nSPS) is 14.2. The topological polar surface area (TPSA) is 3.24 Å². The molecule has 0 bridgehead atoms. The van der Waals surface area contributed by atoms with Crippen molar-refractivity contribution in [2.75, 3.05) is 7.05 Å². The number of hydrogen-bond acceptors (Lipinski definition) is 1. The monoisotopic (exact) mass is 277 g/mol. The van der Waals surface area contributed by atoms with E-state index in [4.69, 9.17) is 0 Å². The van der Waals surface area contributed by atoms with E-state index in [9.17, 15) is 0 Å². The van der Waals surface area contributed by atoms with Gasteiger partial charge in [0.25, 0.3) is 0 Å². The molecule has 0 aliphatic heterocycles. The van der Waals surface area contributed by atoms with Gasteiger partial charge in [-0.15, -0.1) is 0 Å². The smallest absolute Gasteiger partial charge is 0.0319 e. The van der Waals surface area contributed by atoms with Crippen molar-refractivity contribution in [2.45, 2.75) is 78.7 Å². The summed E-state index contributed by atoms with van der Waals surface area (Å²) in [5, 5.41) is 0. The lowest BCUT2D eigenvalue weighted by molar-refractivity contribution is 0.303. The summed E-state index contributed by atoms with van der Waals surface area (Å²) in [5.41, 5.74) is 2.81. The molecular weight excluding hydrogens is 242 g/mol. The summed E-state index contributed by atoms with van der Waals surface area (Å²) in [6.45, 7) is 13.0. The first-order chi connectivity index (χ1) is 9.60. The Labute approximate surface area is 127 Å². The Morgan fingerprint density at radius 3 is 2.35 bits per heavy atom. The predicted molar refractivity (Wildman–Crippen MR) is 92.9 cm³/mol. The van der Waals surface area contributed by atoms with Crippen LogP contribution in [0.4, 0.5) is 0 Å². The lowest BCUT2D eigenvalue weighted by atomic mass is 10.0. The van der Waals surface area contributed by atoms with Crippen LogP contribution < -0.4 is 0 Å². The first-order valence-electron chi connectivity index (χ1n) is 8.31. The molecule has 0 aromatic rings. The summed E-state index contributed by atoms with van der Waals surface area (Å²) in [5.74, 6) is 0. The van der Waals surface area contributed by atoms with Gasteiger partial charge in [-0.1, -0.05) is 57.9 Å². The number of nitrogens with zero attached hydrogens (tertiary/aromatic N) is 1. The molecule has 0 aromatic carbocycles. The zero-order valence-electron chi connectivity index (χ0n) is 14.4. The molecule has 0 aromatic heterocycles. The summed E-state index contributed by atoms with van der Waals surface area (Å²) >= 11 is 0. The maximum absolute atomic E-state index is 3.96. The molecule has 0 N–H and O–H groups in total. The van der Waals surface area contributed by atoms with Crippen LogP contribution in [-0.4, -0.2) is 18.0 Å². The number of allylic oxidation sites excluding steroid dienone is 3. The van der Waals surface area contributed by atoms with E-state index in [1.807, 2.05) is 6.08 Å². The first kappa shape index (κ1) is 19.0. The van der Waals surface area contributed by atoms with Gasteiger partial charge in [0, 0.05) is 18.8 Å². The molecular formula is C19H35N. The van der Waals surface area contributed by atoms with Crippen molar-refractivity contribution in [3.05, 3.63) is 36.1 Å². The van der Waals surface area contributed by atoms with E-state index in [1.54, 1.807) is 0 Å². The van der Waals surface area contributed by atoms with Crippen LogP contribution in [0.3, 0.4) is 0 Å². The average molecular weight is 277 g/mol. The van der Waals surface area contributed by atoms with Crippen molar-refractivity contribution in [1.29, 1.82) is 0 Å². The Hall–Kier alpha value is -0.980. The van der Waals surface area contributed by atoms with Crippen LogP contribution in [0.1, 0.15) is 72.6 Å². The minimum atomic E-state index is 0.577. The fraction of sp³-hybridized carbons (Fsp3) is 0.684. The largest absolute Gasteiger partial charge is 0.372 e. The molecule has 0 fully saturated rings. The molecule has 1 nitrogen and oxygen atoms in total. The SMILES string of the molecule is C=C/C(=C\CCC)N(C)[C@@H](CC)C/C=C(/C)CCCC. The van der Waals surface area contributed by atoms with Gasteiger partial charge in [-0.25, -0.2) is 0 Å². The maximum atomic E-state index is 3.96. The predicted octanol–water partition coefficient (Wildman–Crippen LogP) is 6.09. The molecule has 0 saturated heterocycles. The van der Waals surface area contributed by atoms with Gasteiger partial charge in [0.15, 0.2) is 0 Å². The summed E-state index contributed by atoms with van der Waals surface area (Å²) in [4.78, 5) is 2.40. The Balaban J connectivity index is 4.60. The molecule has 0 radical (unpaired) electrons. The van der Waals surface area contributed by atoms with Crippen LogP contribution in [0.5, 0.6) is 0 Å². The zero-order valence-corrected chi connectivity index (χ0v) is 14.4. The van der Waals surface area contributed by atoms with Crippen LogP contribution in [0.15, 0.2) is 36.1 Å². The van der Waals surface area contributed by atoms with Crippen molar-refractivity contribution < 1.29 is 0 Å². The second-order valence-electron chi connectivity index (χ2n) is 5.68. The highest BCUT2D eigenvalue weighted by atomic mass is 15.1. The third-order valence-electron chi connectivity index (χ3n) is 3.94. The fourth-order valence-corrected chi connectivity index (χ4v) is 2.37. The number of likely N-dealkylation sites (N-methyl/N-ethyl adjacent to an activating group) is 1. The summed E-state index contributed by atoms with van der Waals surface area (Å²) < 4.78 is 0. The van der Waals surface area contributed by atoms with Gasteiger partial charge in [-0.05, 0) is 45.1 Å². The van der Waals surface area contributed by atoms with E-state index >= 15 is 0 Å². The van der Waals surface area contributed by atoms with Gasteiger partial charge < -0.3 is 4.90 Å². The molecule has 0 aliphatic rings. The molecule has 0 saturated carbocycles. The Bertz CT molecular complexity index is 312. The van der Waals surface area contributed by atoms with Crippen molar-refractivity contribution in [1.82, 2.24) is 4.90 Å². The van der Waals surface area contributed by atoms with Crippen molar-refractivity contribution in [2.24, 2.45) is 0 Å². The van der Waals surface area contributed by atoms with Crippen molar-refractivity contribution in [3.63, 3.8) is 0 Å². The maximum Gasteiger partial charge on any atom is 0.0319 e. The van der Waals surface area contributed by atoms with E-state index in [1.165, 1.54) is 43.4 Å². The highest BCUT2D eigenvalue weighted by molar-refractivity contribution is 5.16. The molecule has 116 valence electrons. The molecule has 20 heavy (non-hydrogen) atoms. The lowest BCUT2D eigenvalue weighted by Gasteiger charge is -2.29. The van der Waals surface area contributed by atoms with Gasteiger partial charge in [0.05, 0.1) is 0 Å². The van der Waals surface area contributed by atoms with Crippen LogP contribution in [0.25, 0.3) is 0 Å². The summed E-state index contributed by atoms with van der Waals surface area (Å²) in [6.07, 6.45) is 15.2. The van der Waals surface area contributed by atoms with Crippen LogP contribution in [-0.2, 0) is 0 Å². The Kier molecular flexibility index (Phi) is 11.2. The average Bonchev–Trinajstić information content (AvgIpc) is 2.46. The third-order valence-corrected chi connectivity index (χ3v) is 3.94. The van der Waals surface area contributed by atoms with E-state index in [0.717, 1.165) is 12.8 Å². The second-order valence-corrected chi connectivity index (χ2v) is 5.68. The molecule has 0 spiro atoms. The minimum absolute atomic E-state index is 0.577. The third kappa shape index (κ3) is 7.57. The van der Waals surface area contributed by atoms with Crippen LogP contribution in [0.2, 0.25) is 0 Å². The van der Waals surface area contributed by atoms with E-state index in [2.05, 4.69) is 58.4 Å².